The van der Waals surface area contributed by atoms with Gasteiger partial charge in [0.25, 0.3) is 0 Å². The summed E-state index contributed by atoms with van der Waals surface area (Å²) in [6, 6.07) is 4.53. The number of likely N-dealkylation sites (N-methyl/N-ethyl adjacent to an activating group) is 1. The molecule has 1 unspecified atom stereocenters. The van der Waals surface area contributed by atoms with E-state index in [2.05, 4.69) is 4.90 Å². The first kappa shape index (κ1) is 17.6. The van der Waals surface area contributed by atoms with Gasteiger partial charge in [0.15, 0.2) is 0 Å². The molecule has 1 atom stereocenters. The molecule has 23 heavy (non-hydrogen) atoms. The summed E-state index contributed by atoms with van der Waals surface area (Å²) >= 11 is 0. The number of carbonyl (C=O) groups is 1. The van der Waals surface area contributed by atoms with Crippen LogP contribution in [0.1, 0.15) is 24.4 Å². The fourth-order valence-corrected chi connectivity index (χ4v) is 3.12. The molecule has 1 aliphatic rings. The summed E-state index contributed by atoms with van der Waals surface area (Å²) in [5, 5.41) is 9.76. The van der Waals surface area contributed by atoms with Crippen molar-refractivity contribution in [3.05, 3.63) is 23.8 Å². The lowest BCUT2D eigenvalue weighted by Crippen LogP contribution is -2.37. The summed E-state index contributed by atoms with van der Waals surface area (Å²) in [7, 11) is 4.92. The van der Waals surface area contributed by atoms with Gasteiger partial charge in [-0.15, -0.1) is 0 Å². The molecule has 0 aromatic heterocycles. The van der Waals surface area contributed by atoms with Crippen LogP contribution in [0.3, 0.4) is 0 Å². The number of hydrogen-bond acceptors (Lipinski definition) is 5. The van der Waals surface area contributed by atoms with Crippen LogP contribution in [0.5, 0.6) is 11.5 Å². The van der Waals surface area contributed by atoms with Crippen LogP contribution in [-0.4, -0.2) is 68.3 Å². The molecule has 2 rings (SSSR count). The van der Waals surface area contributed by atoms with E-state index in [-0.39, 0.29) is 0 Å². The monoisotopic (exact) mass is 322 g/mol. The normalized spacial score (nSPS) is 16.5. The molecule has 1 heterocycles. The highest BCUT2D eigenvalue weighted by Gasteiger charge is 2.31. The molecule has 0 saturated carbocycles. The van der Waals surface area contributed by atoms with E-state index >= 15 is 0 Å². The minimum absolute atomic E-state index is 0.532. The molecule has 6 nitrogen and oxygen atoms in total. The van der Waals surface area contributed by atoms with Gasteiger partial charge in [0.05, 0.1) is 19.8 Å². The van der Waals surface area contributed by atoms with E-state index < -0.39 is 12.0 Å². The average Bonchev–Trinajstić information content (AvgIpc) is 3.06. The molecule has 1 aromatic carbocycles. The van der Waals surface area contributed by atoms with Crippen molar-refractivity contribution in [2.45, 2.75) is 18.9 Å². The third kappa shape index (κ3) is 4.14. The first-order chi connectivity index (χ1) is 11.1. The number of carboxylic acids is 1. The predicted molar refractivity (Wildman–Crippen MR) is 88.2 cm³/mol. The van der Waals surface area contributed by atoms with Gasteiger partial charge in [-0.3, -0.25) is 9.69 Å². The van der Waals surface area contributed by atoms with Crippen molar-refractivity contribution in [3.8, 4) is 11.5 Å². The van der Waals surface area contributed by atoms with Gasteiger partial charge in [-0.2, -0.15) is 0 Å². The molecule has 1 fully saturated rings. The van der Waals surface area contributed by atoms with Gasteiger partial charge in [-0.1, -0.05) is 6.07 Å². The largest absolute Gasteiger partial charge is 0.496 e. The van der Waals surface area contributed by atoms with Gasteiger partial charge >= 0.3 is 5.97 Å². The lowest BCUT2D eigenvalue weighted by molar-refractivity contribution is -0.143. The van der Waals surface area contributed by atoms with Crippen LogP contribution in [0.25, 0.3) is 0 Å². The number of methoxy groups -OCH3 is 2. The van der Waals surface area contributed by atoms with Gasteiger partial charge in [-0.25, -0.2) is 0 Å². The molecular weight excluding hydrogens is 296 g/mol. The van der Waals surface area contributed by atoms with E-state index in [0.717, 1.165) is 19.6 Å². The third-order valence-electron chi connectivity index (χ3n) is 4.38. The highest BCUT2D eigenvalue weighted by molar-refractivity contribution is 5.78. The second kappa shape index (κ2) is 8.17. The first-order valence-corrected chi connectivity index (χ1v) is 7.94. The van der Waals surface area contributed by atoms with E-state index in [1.165, 1.54) is 12.8 Å². The zero-order valence-corrected chi connectivity index (χ0v) is 14.1. The van der Waals surface area contributed by atoms with Crippen molar-refractivity contribution >= 4 is 5.97 Å². The van der Waals surface area contributed by atoms with Crippen LogP contribution in [0.2, 0.25) is 0 Å². The number of hydrogen-bond donors (Lipinski definition) is 1. The summed E-state index contributed by atoms with van der Waals surface area (Å²) in [6.07, 6.45) is 2.46. The fourth-order valence-electron chi connectivity index (χ4n) is 3.12. The van der Waals surface area contributed by atoms with E-state index in [9.17, 15) is 9.90 Å². The maximum Gasteiger partial charge on any atom is 0.325 e. The minimum Gasteiger partial charge on any atom is -0.496 e. The molecular formula is C17H26N2O4. The molecule has 1 saturated heterocycles. The molecule has 0 amide bonds. The molecule has 6 heteroatoms. The molecule has 0 radical (unpaired) electrons. The van der Waals surface area contributed by atoms with Crippen molar-refractivity contribution in [2.24, 2.45) is 0 Å². The van der Waals surface area contributed by atoms with Crippen molar-refractivity contribution in [1.29, 1.82) is 0 Å². The Morgan fingerprint density at radius 3 is 2.30 bits per heavy atom. The molecule has 1 aromatic rings. The second-order valence-electron chi connectivity index (χ2n) is 5.85. The highest BCUT2D eigenvalue weighted by atomic mass is 16.5. The van der Waals surface area contributed by atoms with Crippen molar-refractivity contribution in [2.75, 3.05) is 47.4 Å². The molecule has 0 spiro atoms. The molecule has 0 aliphatic carbocycles. The summed E-state index contributed by atoms with van der Waals surface area (Å²) in [6.45, 7) is 3.75. The number of likely N-dealkylation sites (tertiary alicyclic amines) is 1. The average molecular weight is 322 g/mol. The fraction of sp³-hybridized carbons (Fsp3) is 0.588. The number of rotatable bonds is 8. The lowest BCUT2D eigenvalue weighted by Gasteiger charge is -2.29. The number of carboxylic acid groups (broad SMARTS) is 1. The Bertz CT molecular complexity index is 507. The summed E-state index contributed by atoms with van der Waals surface area (Å²) in [5.74, 6) is 0.159. The van der Waals surface area contributed by atoms with Crippen LogP contribution < -0.4 is 9.47 Å². The number of ether oxygens (including phenoxy) is 2. The smallest absolute Gasteiger partial charge is 0.325 e. The topological polar surface area (TPSA) is 62.2 Å². The van der Waals surface area contributed by atoms with E-state index in [1.54, 1.807) is 32.4 Å². The van der Waals surface area contributed by atoms with Crippen molar-refractivity contribution in [1.82, 2.24) is 9.80 Å². The Morgan fingerprint density at radius 2 is 1.83 bits per heavy atom. The van der Waals surface area contributed by atoms with Crippen LogP contribution in [0, 0.1) is 0 Å². The molecule has 128 valence electrons. The number of nitrogens with zero attached hydrogens (tertiary/aromatic N) is 2. The molecule has 1 aliphatic heterocycles. The Hall–Kier alpha value is -1.79. The van der Waals surface area contributed by atoms with Crippen molar-refractivity contribution < 1.29 is 19.4 Å². The van der Waals surface area contributed by atoms with Crippen LogP contribution in [0.15, 0.2) is 18.2 Å². The summed E-state index contributed by atoms with van der Waals surface area (Å²) in [5.41, 5.74) is 0.564. The van der Waals surface area contributed by atoms with Gasteiger partial charge in [-0.05, 0) is 45.1 Å². The second-order valence-corrected chi connectivity index (χ2v) is 5.85. The Labute approximate surface area is 137 Å². The summed E-state index contributed by atoms with van der Waals surface area (Å²) in [4.78, 5) is 16.1. The number of benzene rings is 1. The maximum atomic E-state index is 11.9. The van der Waals surface area contributed by atoms with Gasteiger partial charge in [0.2, 0.25) is 0 Å². The molecule has 1 N–H and O–H groups in total. The number of aliphatic carboxylic acids is 1. The van der Waals surface area contributed by atoms with E-state index in [4.69, 9.17) is 9.47 Å². The maximum absolute atomic E-state index is 11.9. The predicted octanol–water partition coefficient (Wildman–Crippen LogP) is 1.86. The Balaban J connectivity index is 2.21. The lowest BCUT2D eigenvalue weighted by atomic mass is 10.0. The summed E-state index contributed by atoms with van der Waals surface area (Å²) < 4.78 is 10.7. The first-order valence-electron chi connectivity index (χ1n) is 7.94. The van der Waals surface area contributed by atoms with Gasteiger partial charge < -0.3 is 19.5 Å². The van der Waals surface area contributed by atoms with Crippen LogP contribution >= 0.6 is 0 Å². The zero-order chi connectivity index (χ0) is 16.8. The highest BCUT2D eigenvalue weighted by Crippen LogP contribution is 2.36. The van der Waals surface area contributed by atoms with Crippen molar-refractivity contribution in [3.63, 3.8) is 0 Å². The standard InChI is InChI=1S/C17H26N2O4/c1-18(11-12-19-9-4-5-10-19)16(17(20)21)15-13(22-2)7-6-8-14(15)23-3/h6-8,16H,4-5,9-12H2,1-3H3,(H,20,21). The molecule has 0 bridgehead atoms. The minimum atomic E-state index is -0.906. The Morgan fingerprint density at radius 1 is 1.26 bits per heavy atom. The third-order valence-corrected chi connectivity index (χ3v) is 4.38. The van der Waals surface area contributed by atoms with Crippen LogP contribution in [0.4, 0.5) is 0 Å². The van der Waals surface area contributed by atoms with Gasteiger partial charge in [0, 0.05) is 13.1 Å². The Kier molecular flexibility index (Phi) is 6.24. The van der Waals surface area contributed by atoms with Gasteiger partial charge in [0.1, 0.15) is 17.5 Å². The van der Waals surface area contributed by atoms with E-state index in [0.29, 0.717) is 23.6 Å². The zero-order valence-electron chi connectivity index (χ0n) is 14.1. The quantitative estimate of drug-likeness (QED) is 0.788. The van der Waals surface area contributed by atoms with Crippen LogP contribution in [-0.2, 0) is 4.79 Å². The van der Waals surface area contributed by atoms with E-state index in [1.807, 2.05) is 11.9 Å². The SMILES string of the molecule is COc1cccc(OC)c1C(C(=O)O)N(C)CCN1CCCC1.